The fraction of sp³-hybridized carbons (Fsp3) is 0.846. The minimum Gasteiger partial charge on any atom is -0.481 e. The molecule has 1 unspecified atom stereocenters. The van der Waals surface area contributed by atoms with Crippen molar-refractivity contribution in [1.82, 2.24) is 10.2 Å². The molecular formula is C13H24N2O3S. The van der Waals surface area contributed by atoms with Crippen LogP contribution in [0.15, 0.2) is 0 Å². The van der Waals surface area contributed by atoms with E-state index in [-0.39, 0.29) is 12.1 Å². The van der Waals surface area contributed by atoms with Gasteiger partial charge >= 0.3 is 12.0 Å². The number of hydrogen-bond acceptors (Lipinski definition) is 3. The first kappa shape index (κ1) is 16.1. The maximum atomic E-state index is 12.1. The molecule has 2 amide bonds. The summed E-state index contributed by atoms with van der Waals surface area (Å²) in [6.07, 6.45) is 3.98. The maximum absolute atomic E-state index is 12.1. The Labute approximate surface area is 119 Å². The molecule has 0 bridgehead atoms. The van der Waals surface area contributed by atoms with Gasteiger partial charge in [-0.05, 0) is 32.4 Å². The van der Waals surface area contributed by atoms with Crippen LogP contribution in [-0.2, 0) is 4.79 Å². The summed E-state index contributed by atoms with van der Waals surface area (Å²) in [6, 6.07) is 0.128. The maximum Gasteiger partial charge on any atom is 0.317 e. The van der Waals surface area contributed by atoms with E-state index in [1.807, 2.05) is 6.26 Å². The molecule has 1 aliphatic heterocycles. The molecule has 1 saturated heterocycles. The van der Waals surface area contributed by atoms with Crippen LogP contribution in [0.2, 0.25) is 0 Å². The topological polar surface area (TPSA) is 69.6 Å². The standard InChI is InChI=1S/C13H24N2O3S/c1-4-10(9-19-3)14-12(18)15-7-5-13(2,6-8-15)11(16)17/h10H,4-9H2,1-3H3,(H,14,18)(H,16,17). The van der Waals surface area contributed by atoms with E-state index in [9.17, 15) is 9.59 Å². The van der Waals surface area contributed by atoms with E-state index < -0.39 is 11.4 Å². The van der Waals surface area contributed by atoms with Gasteiger partial charge in [0.1, 0.15) is 0 Å². The average molecular weight is 288 g/mol. The van der Waals surface area contributed by atoms with Gasteiger partial charge in [0.25, 0.3) is 0 Å². The molecule has 19 heavy (non-hydrogen) atoms. The number of carboxylic acid groups (broad SMARTS) is 1. The van der Waals surface area contributed by atoms with Gasteiger partial charge in [0, 0.05) is 24.9 Å². The van der Waals surface area contributed by atoms with Crippen LogP contribution in [0.1, 0.15) is 33.1 Å². The molecule has 1 aliphatic rings. The van der Waals surface area contributed by atoms with Crippen LogP contribution in [0.25, 0.3) is 0 Å². The lowest BCUT2D eigenvalue weighted by Crippen LogP contribution is -2.51. The normalized spacial score (nSPS) is 19.8. The van der Waals surface area contributed by atoms with Crippen LogP contribution in [0.4, 0.5) is 4.79 Å². The lowest BCUT2D eigenvalue weighted by atomic mass is 9.80. The van der Waals surface area contributed by atoms with Crippen LogP contribution in [-0.4, -0.2) is 53.1 Å². The fourth-order valence-electron chi connectivity index (χ4n) is 2.15. The van der Waals surface area contributed by atoms with Crippen LogP contribution in [0, 0.1) is 5.41 Å². The monoisotopic (exact) mass is 288 g/mol. The molecule has 5 nitrogen and oxygen atoms in total. The van der Waals surface area contributed by atoms with Crippen LogP contribution < -0.4 is 5.32 Å². The number of carbonyl (C=O) groups is 2. The average Bonchev–Trinajstić information content (AvgIpc) is 2.38. The second-order valence-electron chi connectivity index (χ2n) is 5.36. The quantitative estimate of drug-likeness (QED) is 0.812. The third-order valence-corrected chi connectivity index (χ3v) is 4.59. The molecule has 1 rings (SSSR count). The van der Waals surface area contributed by atoms with Crippen LogP contribution in [0.5, 0.6) is 0 Å². The van der Waals surface area contributed by atoms with Crippen molar-refractivity contribution in [3.63, 3.8) is 0 Å². The van der Waals surface area contributed by atoms with Crippen LogP contribution in [0.3, 0.4) is 0 Å². The molecule has 0 spiro atoms. The lowest BCUT2D eigenvalue weighted by molar-refractivity contribution is -0.150. The number of thioether (sulfide) groups is 1. The highest BCUT2D eigenvalue weighted by molar-refractivity contribution is 7.98. The first-order chi connectivity index (χ1) is 8.92. The molecule has 6 heteroatoms. The Bertz CT molecular complexity index is 328. The van der Waals surface area contributed by atoms with E-state index in [1.54, 1.807) is 23.6 Å². The van der Waals surface area contributed by atoms with E-state index in [0.717, 1.165) is 12.2 Å². The predicted molar refractivity (Wildman–Crippen MR) is 77.5 cm³/mol. The van der Waals surface area contributed by atoms with E-state index >= 15 is 0 Å². The van der Waals surface area contributed by atoms with Gasteiger partial charge in [0.05, 0.1) is 5.41 Å². The third kappa shape index (κ3) is 4.30. The third-order valence-electron chi connectivity index (χ3n) is 3.86. The minimum atomic E-state index is -0.763. The van der Waals surface area contributed by atoms with Gasteiger partial charge in [-0.25, -0.2) is 4.79 Å². The summed E-state index contributed by atoms with van der Waals surface area (Å²) in [5.74, 6) is 0.143. The van der Waals surface area contributed by atoms with Crippen molar-refractivity contribution < 1.29 is 14.7 Å². The highest BCUT2D eigenvalue weighted by Gasteiger charge is 2.38. The Morgan fingerprint density at radius 1 is 1.42 bits per heavy atom. The molecule has 0 aliphatic carbocycles. The van der Waals surface area contributed by atoms with Gasteiger partial charge in [0.15, 0.2) is 0 Å². The molecule has 1 fully saturated rings. The van der Waals surface area contributed by atoms with E-state index in [2.05, 4.69) is 12.2 Å². The van der Waals surface area contributed by atoms with Crippen molar-refractivity contribution in [3.8, 4) is 0 Å². The number of aliphatic carboxylic acids is 1. The molecule has 1 heterocycles. The molecule has 0 aromatic heterocycles. The van der Waals surface area contributed by atoms with Gasteiger partial charge in [-0.2, -0.15) is 11.8 Å². The number of nitrogens with one attached hydrogen (secondary N) is 1. The second-order valence-corrected chi connectivity index (χ2v) is 6.27. The summed E-state index contributed by atoms with van der Waals surface area (Å²) < 4.78 is 0. The number of piperidine rings is 1. The Hall–Kier alpha value is -0.910. The number of urea groups is 1. The summed E-state index contributed by atoms with van der Waals surface area (Å²) in [7, 11) is 0. The molecule has 1 atom stereocenters. The van der Waals surface area contributed by atoms with E-state index in [1.165, 1.54) is 0 Å². The second kappa shape index (κ2) is 7.03. The van der Waals surface area contributed by atoms with Gasteiger partial charge in [-0.3, -0.25) is 4.79 Å². The first-order valence-electron chi connectivity index (χ1n) is 6.70. The molecule has 0 aromatic rings. The SMILES string of the molecule is CCC(CSC)NC(=O)N1CCC(C)(C(=O)O)CC1. The van der Waals surface area contributed by atoms with Crippen molar-refractivity contribution in [3.05, 3.63) is 0 Å². The van der Waals surface area contributed by atoms with E-state index in [0.29, 0.717) is 25.9 Å². The predicted octanol–water partition coefficient (Wildman–Crippen LogP) is 2.02. The van der Waals surface area contributed by atoms with Crippen molar-refractivity contribution in [2.45, 2.75) is 39.2 Å². The zero-order valence-corrected chi connectivity index (χ0v) is 12.8. The summed E-state index contributed by atoms with van der Waals surface area (Å²) in [5, 5.41) is 12.2. The summed E-state index contributed by atoms with van der Waals surface area (Å²) >= 11 is 1.72. The Morgan fingerprint density at radius 2 is 2.00 bits per heavy atom. The van der Waals surface area contributed by atoms with Gasteiger partial charge in [-0.1, -0.05) is 6.92 Å². The largest absolute Gasteiger partial charge is 0.481 e. The molecule has 110 valence electrons. The van der Waals surface area contributed by atoms with Gasteiger partial charge in [-0.15, -0.1) is 0 Å². The number of likely N-dealkylation sites (tertiary alicyclic amines) is 1. The number of carbonyl (C=O) groups excluding carboxylic acids is 1. The Kier molecular flexibility index (Phi) is 5.97. The molecule has 0 aromatic carbocycles. The number of carboxylic acids is 1. The van der Waals surface area contributed by atoms with Crippen molar-refractivity contribution >= 4 is 23.8 Å². The number of hydrogen-bond donors (Lipinski definition) is 2. The lowest BCUT2D eigenvalue weighted by Gasteiger charge is -2.37. The zero-order valence-electron chi connectivity index (χ0n) is 11.9. The number of rotatable bonds is 5. The van der Waals surface area contributed by atoms with Gasteiger partial charge in [0.2, 0.25) is 0 Å². The molecular weight excluding hydrogens is 264 g/mol. The molecule has 2 N–H and O–H groups in total. The summed E-state index contributed by atoms with van der Waals surface area (Å²) in [4.78, 5) is 25.0. The zero-order chi connectivity index (χ0) is 14.5. The Morgan fingerprint density at radius 3 is 2.42 bits per heavy atom. The Balaban J connectivity index is 2.46. The summed E-state index contributed by atoms with van der Waals surface area (Å²) in [6.45, 7) is 4.85. The highest BCUT2D eigenvalue weighted by atomic mass is 32.2. The van der Waals surface area contributed by atoms with Gasteiger partial charge < -0.3 is 15.3 Å². The highest BCUT2D eigenvalue weighted by Crippen LogP contribution is 2.30. The van der Waals surface area contributed by atoms with Crippen LogP contribution >= 0.6 is 11.8 Å². The number of nitrogens with zero attached hydrogens (tertiary/aromatic N) is 1. The van der Waals surface area contributed by atoms with Crippen molar-refractivity contribution in [2.24, 2.45) is 5.41 Å². The molecule has 0 radical (unpaired) electrons. The fourth-order valence-corrected chi connectivity index (χ4v) is 2.87. The van der Waals surface area contributed by atoms with Crippen molar-refractivity contribution in [2.75, 3.05) is 25.1 Å². The number of amides is 2. The van der Waals surface area contributed by atoms with E-state index in [4.69, 9.17) is 5.11 Å². The minimum absolute atomic E-state index is 0.0617. The first-order valence-corrected chi connectivity index (χ1v) is 8.10. The smallest absolute Gasteiger partial charge is 0.317 e. The molecule has 0 saturated carbocycles. The summed E-state index contributed by atoms with van der Waals surface area (Å²) in [5.41, 5.74) is -0.680. The van der Waals surface area contributed by atoms with Crippen molar-refractivity contribution in [1.29, 1.82) is 0 Å².